The maximum atomic E-state index is 13.5. The topological polar surface area (TPSA) is 110 Å². The lowest BCUT2D eigenvalue weighted by Gasteiger charge is -2.30. The lowest BCUT2D eigenvalue weighted by atomic mass is 9.91. The van der Waals surface area contributed by atoms with Gasteiger partial charge < -0.3 is 21.1 Å². The Morgan fingerprint density at radius 2 is 1.92 bits per heavy atom. The molecule has 4 N–H and O–H groups in total. The van der Waals surface area contributed by atoms with Crippen molar-refractivity contribution < 1.29 is 14.3 Å². The Morgan fingerprint density at radius 1 is 1.11 bits per heavy atom. The first kappa shape index (κ1) is 23.4. The van der Waals surface area contributed by atoms with Crippen LogP contribution in [0.1, 0.15) is 40.9 Å². The van der Waals surface area contributed by atoms with Crippen LogP contribution in [0.25, 0.3) is 10.2 Å². The number of aryl methyl sites for hydroxylation is 1. The second kappa shape index (κ2) is 9.49. The van der Waals surface area contributed by atoms with Crippen molar-refractivity contribution in [2.45, 2.75) is 44.7 Å². The number of nitrogens with zero attached hydrogens (tertiary/aromatic N) is 2. The number of rotatable bonds is 5. The number of thiophene rings is 1. The first-order valence-corrected chi connectivity index (χ1v) is 13.2. The van der Waals surface area contributed by atoms with E-state index in [1.54, 1.807) is 11.1 Å². The number of carbonyl (C=O) groups is 2. The first-order chi connectivity index (χ1) is 18.0. The monoisotopic (exact) mass is 513 g/mol. The molecule has 0 bridgehead atoms. The van der Waals surface area contributed by atoms with E-state index in [0.717, 1.165) is 48.1 Å². The van der Waals surface area contributed by atoms with Crippen molar-refractivity contribution in [3.05, 3.63) is 71.2 Å². The summed E-state index contributed by atoms with van der Waals surface area (Å²) >= 11 is 1.28. The average molecular weight is 514 g/mol. The van der Waals surface area contributed by atoms with Gasteiger partial charge in [-0.25, -0.2) is 9.78 Å². The van der Waals surface area contributed by atoms with Gasteiger partial charge >= 0.3 is 6.03 Å². The van der Waals surface area contributed by atoms with E-state index in [1.807, 2.05) is 61.5 Å². The van der Waals surface area contributed by atoms with Crippen LogP contribution in [0, 0.1) is 6.92 Å². The lowest BCUT2D eigenvalue weighted by molar-refractivity contribution is 0.0926. The van der Waals surface area contributed by atoms with Gasteiger partial charge in [-0.3, -0.25) is 9.69 Å². The third-order valence-electron chi connectivity index (χ3n) is 6.98. The standard InChI is InChI=1S/C28H27N5O3S/c1-16-15-18(36-17-7-3-2-4-8-17)11-12-21(16)33-22-13-14-30-27-23(22)24(32-28(33)35)25(37-27)26(34)31-20-10-6-5-9-19(20)29/h2-4,7-8,11-15,19-20H,5-6,9-10,29H2,1H3,(H,31,34)(H,32,35)/t19-,20-/m0/s1. The molecule has 2 aromatic carbocycles. The van der Waals surface area contributed by atoms with Gasteiger partial charge in [-0.2, -0.15) is 0 Å². The van der Waals surface area contributed by atoms with Gasteiger partial charge in [0.2, 0.25) is 0 Å². The molecule has 2 atom stereocenters. The van der Waals surface area contributed by atoms with Crippen LogP contribution in [0.3, 0.4) is 0 Å². The number of pyridine rings is 1. The average Bonchev–Trinajstić information content (AvgIpc) is 3.26. The van der Waals surface area contributed by atoms with Crippen LogP contribution in [-0.4, -0.2) is 29.0 Å². The van der Waals surface area contributed by atoms with Crippen molar-refractivity contribution in [1.82, 2.24) is 10.3 Å². The highest BCUT2D eigenvalue weighted by molar-refractivity contribution is 7.21. The summed E-state index contributed by atoms with van der Waals surface area (Å²) in [6.45, 7) is 1.94. The molecule has 0 radical (unpaired) electrons. The zero-order valence-electron chi connectivity index (χ0n) is 20.4. The van der Waals surface area contributed by atoms with E-state index >= 15 is 0 Å². The fourth-order valence-corrected chi connectivity index (χ4v) is 6.15. The molecule has 4 aromatic rings. The molecule has 0 saturated heterocycles. The third kappa shape index (κ3) is 4.30. The van der Waals surface area contributed by atoms with Gasteiger partial charge in [0.1, 0.15) is 21.2 Å². The number of hydrogen-bond donors (Lipinski definition) is 3. The van der Waals surface area contributed by atoms with Crippen molar-refractivity contribution >= 4 is 50.6 Å². The molecule has 2 aromatic heterocycles. The van der Waals surface area contributed by atoms with Gasteiger partial charge in [0.05, 0.1) is 22.4 Å². The van der Waals surface area contributed by atoms with E-state index in [9.17, 15) is 9.59 Å². The highest BCUT2D eigenvalue weighted by atomic mass is 32.1. The van der Waals surface area contributed by atoms with Gasteiger partial charge in [0.15, 0.2) is 0 Å². The predicted octanol–water partition coefficient (Wildman–Crippen LogP) is 6.08. The van der Waals surface area contributed by atoms with Crippen LogP contribution in [-0.2, 0) is 0 Å². The number of carbonyl (C=O) groups excluding carboxylic acids is 2. The van der Waals surface area contributed by atoms with E-state index in [4.69, 9.17) is 10.5 Å². The van der Waals surface area contributed by atoms with Gasteiger partial charge in [0.25, 0.3) is 5.91 Å². The number of benzene rings is 2. The number of nitrogens with two attached hydrogens (primary N) is 1. The first-order valence-electron chi connectivity index (χ1n) is 12.4. The fraction of sp³-hybridized carbons (Fsp3) is 0.250. The number of hydrogen-bond acceptors (Lipinski definition) is 6. The summed E-state index contributed by atoms with van der Waals surface area (Å²) in [6.07, 6.45) is 5.56. The lowest BCUT2D eigenvalue weighted by Crippen LogP contribution is -2.49. The fourth-order valence-electron chi connectivity index (χ4n) is 5.12. The van der Waals surface area contributed by atoms with Crippen LogP contribution in [0.15, 0.2) is 60.8 Å². The third-order valence-corrected chi connectivity index (χ3v) is 8.07. The quantitative estimate of drug-likeness (QED) is 0.300. The molecule has 6 rings (SSSR count). The normalized spacial score (nSPS) is 19.0. The summed E-state index contributed by atoms with van der Waals surface area (Å²) in [5.74, 6) is 1.20. The maximum absolute atomic E-state index is 13.5. The molecule has 3 heterocycles. The molecule has 3 amide bonds. The summed E-state index contributed by atoms with van der Waals surface area (Å²) in [6, 6.07) is 16.5. The molecule has 0 spiro atoms. The highest BCUT2D eigenvalue weighted by Crippen LogP contribution is 2.46. The number of urea groups is 1. The number of anilines is 3. The molecule has 2 aliphatic rings. The van der Waals surface area contributed by atoms with E-state index in [2.05, 4.69) is 15.6 Å². The zero-order chi connectivity index (χ0) is 25.5. The molecule has 1 saturated carbocycles. The summed E-state index contributed by atoms with van der Waals surface area (Å²) < 4.78 is 5.96. The molecule has 1 fully saturated rings. The second-order valence-electron chi connectivity index (χ2n) is 9.47. The molecule has 37 heavy (non-hydrogen) atoms. The van der Waals surface area contributed by atoms with Gasteiger partial charge in [-0.05, 0) is 61.7 Å². The van der Waals surface area contributed by atoms with E-state index in [1.165, 1.54) is 11.3 Å². The minimum atomic E-state index is -0.332. The summed E-state index contributed by atoms with van der Waals surface area (Å²) in [4.78, 5) is 34.0. The smallest absolute Gasteiger partial charge is 0.331 e. The van der Waals surface area contributed by atoms with Gasteiger partial charge in [0, 0.05) is 18.3 Å². The molecule has 188 valence electrons. The molecule has 1 aliphatic heterocycles. The SMILES string of the molecule is Cc1cc(Oc2ccccc2)ccc1N1C(=O)Nc2c(C(=O)N[C@H]3CCCC[C@@H]3N)sc3nccc1c23. The van der Waals surface area contributed by atoms with Crippen molar-refractivity contribution in [2.75, 3.05) is 10.2 Å². The molecule has 1 aliphatic carbocycles. The summed E-state index contributed by atoms with van der Waals surface area (Å²) in [7, 11) is 0. The summed E-state index contributed by atoms with van der Waals surface area (Å²) in [5.41, 5.74) is 9.04. The van der Waals surface area contributed by atoms with Crippen molar-refractivity contribution in [3.63, 3.8) is 0 Å². The zero-order valence-corrected chi connectivity index (χ0v) is 21.2. The highest BCUT2D eigenvalue weighted by Gasteiger charge is 2.34. The van der Waals surface area contributed by atoms with E-state index < -0.39 is 0 Å². The van der Waals surface area contributed by atoms with Crippen LogP contribution >= 0.6 is 11.3 Å². The predicted molar refractivity (Wildman–Crippen MR) is 146 cm³/mol. The Labute approximate surface area is 218 Å². The Kier molecular flexibility index (Phi) is 6.02. The Hall–Kier alpha value is -3.95. The number of aromatic nitrogens is 1. The number of para-hydroxylation sites is 1. The Balaban J connectivity index is 1.34. The second-order valence-corrected chi connectivity index (χ2v) is 10.5. The van der Waals surface area contributed by atoms with Crippen LogP contribution in [0.4, 0.5) is 21.9 Å². The van der Waals surface area contributed by atoms with Crippen LogP contribution in [0.5, 0.6) is 11.5 Å². The number of nitrogens with one attached hydrogen (secondary N) is 2. The summed E-state index contributed by atoms with van der Waals surface area (Å²) in [5, 5.41) is 6.82. The van der Waals surface area contributed by atoms with Crippen molar-refractivity contribution in [1.29, 1.82) is 0 Å². The molecular weight excluding hydrogens is 486 g/mol. The molecule has 9 heteroatoms. The Morgan fingerprint density at radius 3 is 2.70 bits per heavy atom. The number of amides is 3. The largest absolute Gasteiger partial charge is 0.457 e. The van der Waals surface area contributed by atoms with Crippen molar-refractivity contribution in [3.8, 4) is 11.5 Å². The molecular formula is C28H27N5O3S. The number of ether oxygens (including phenoxy) is 1. The van der Waals surface area contributed by atoms with Crippen LogP contribution in [0.2, 0.25) is 0 Å². The molecule has 8 nitrogen and oxygen atoms in total. The van der Waals surface area contributed by atoms with Gasteiger partial charge in [-0.15, -0.1) is 11.3 Å². The van der Waals surface area contributed by atoms with Crippen molar-refractivity contribution in [2.24, 2.45) is 5.73 Å². The minimum absolute atomic E-state index is 0.0565. The Bertz CT molecular complexity index is 1500. The van der Waals surface area contributed by atoms with E-state index in [-0.39, 0.29) is 24.0 Å². The van der Waals surface area contributed by atoms with E-state index in [0.29, 0.717) is 26.8 Å². The maximum Gasteiger partial charge on any atom is 0.331 e. The molecule has 0 unspecified atom stereocenters. The van der Waals surface area contributed by atoms with Crippen LogP contribution < -0.4 is 26.0 Å². The van der Waals surface area contributed by atoms with Gasteiger partial charge in [-0.1, -0.05) is 31.0 Å². The minimum Gasteiger partial charge on any atom is -0.457 e.